The predicted molar refractivity (Wildman–Crippen MR) is 108 cm³/mol. The molecule has 8 heteroatoms. The third kappa shape index (κ3) is 3.67. The quantitative estimate of drug-likeness (QED) is 0.533. The van der Waals surface area contributed by atoms with Crippen LogP contribution >= 0.6 is 11.6 Å². The van der Waals surface area contributed by atoms with Crippen molar-refractivity contribution in [2.24, 2.45) is 0 Å². The lowest BCUT2D eigenvalue weighted by Crippen LogP contribution is -2.15. The number of rotatable bonds is 5. The molecule has 1 heterocycles. The topological polar surface area (TPSA) is 81.3 Å². The van der Waals surface area contributed by atoms with E-state index in [0.29, 0.717) is 22.8 Å². The Kier molecular flexibility index (Phi) is 4.70. The first-order chi connectivity index (χ1) is 13.4. The van der Waals surface area contributed by atoms with Gasteiger partial charge in [-0.1, -0.05) is 41.9 Å². The molecule has 0 aliphatic rings. The molecule has 4 aromatic rings. The maximum absolute atomic E-state index is 12.6. The van der Waals surface area contributed by atoms with Crippen molar-refractivity contribution in [1.29, 1.82) is 0 Å². The van der Waals surface area contributed by atoms with Crippen LogP contribution in [0.25, 0.3) is 11.1 Å². The summed E-state index contributed by atoms with van der Waals surface area (Å²) in [6.07, 6.45) is 0. The van der Waals surface area contributed by atoms with Crippen molar-refractivity contribution in [2.75, 3.05) is 4.72 Å². The van der Waals surface area contributed by atoms with E-state index in [9.17, 15) is 13.2 Å². The van der Waals surface area contributed by atoms with E-state index in [0.717, 1.165) is 5.56 Å². The monoisotopic (exact) mass is 414 g/mol. The molecule has 4 rings (SSSR count). The molecule has 0 amide bonds. The number of hydrogen-bond acceptors (Lipinski definition) is 4. The van der Waals surface area contributed by atoms with Crippen LogP contribution in [0.5, 0.6) is 0 Å². The molecule has 0 saturated heterocycles. The molecule has 1 aromatic heterocycles. The number of halogens is 1. The minimum Gasteiger partial charge on any atom is -0.408 e. The second kappa shape index (κ2) is 7.18. The number of nitrogens with one attached hydrogen (secondary N) is 1. The molecule has 1 N–H and O–H groups in total. The number of fused-ring (bicyclic) bond motifs is 1. The minimum atomic E-state index is -3.84. The van der Waals surface area contributed by atoms with Crippen molar-refractivity contribution >= 4 is 38.4 Å². The predicted octanol–water partition coefficient (Wildman–Crippen LogP) is 4.10. The second-order valence-corrected chi connectivity index (χ2v) is 8.30. The van der Waals surface area contributed by atoms with Gasteiger partial charge >= 0.3 is 5.76 Å². The zero-order valence-corrected chi connectivity index (χ0v) is 16.1. The van der Waals surface area contributed by atoms with Gasteiger partial charge < -0.3 is 4.42 Å². The van der Waals surface area contributed by atoms with E-state index < -0.39 is 15.8 Å². The molecule has 0 aliphatic carbocycles. The molecule has 0 fully saturated rings. The van der Waals surface area contributed by atoms with Gasteiger partial charge in [0.1, 0.15) is 0 Å². The standard InChI is InChI=1S/C20H15ClN2O4S/c21-15-6-8-16(9-7-15)22-28(25,26)17-10-11-18-19(12-17)27-20(24)23(18)13-14-4-2-1-3-5-14/h1-12,22H,13H2. The Bertz CT molecular complexity index is 1290. The van der Waals surface area contributed by atoms with E-state index in [1.807, 2.05) is 30.3 Å². The highest BCUT2D eigenvalue weighted by Gasteiger charge is 2.18. The van der Waals surface area contributed by atoms with Crippen molar-refractivity contribution in [3.8, 4) is 0 Å². The van der Waals surface area contributed by atoms with Crippen LogP contribution < -0.4 is 10.5 Å². The van der Waals surface area contributed by atoms with Crippen molar-refractivity contribution in [3.05, 3.63) is 93.9 Å². The van der Waals surface area contributed by atoms with Gasteiger partial charge in [0, 0.05) is 16.8 Å². The smallest absolute Gasteiger partial charge is 0.408 e. The number of benzene rings is 3. The van der Waals surface area contributed by atoms with Gasteiger partial charge in [0.2, 0.25) is 0 Å². The number of hydrogen-bond donors (Lipinski definition) is 1. The van der Waals surface area contributed by atoms with Crippen LogP contribution in [0.4, 0.5) is 5.69 Å². The average molecular weight is 415 g/mol. The van der Waals surface area contributed by atoms with Crippen LogP contribution in [-0.4, -0.2) is 13.0 Å². The molecule has 0 aliphatic heterocycles. The third-order valence-electron chi connectivity index (χ3n) is 4.23. The van der Waals surface area contributed by atoms with Crippen LogP contribution in [0.3, 0.4) is 0 Å². The highest BCUT2D eigenvalue weighted by molar-refractivity contribution is 7.92. The van der Waals surface area contributed by atoms with E-state index in [-0.39, 0.29) is 10.5 Å². The van der Waals surface area contributed by atoms with E-state index in [1.54, 1.807) is 30.3 Å². The van der Waals surface area contributed by atoms with Gasteiger partial charge in [-0.05, 0) is 42.0 Å². The van der Waals surface area contributed by atoms with Gasteiger partial charge in [-0.25, -0.2) is 13.2 Å². The summed E-state index contributed by atoms with van der Waals surface area (Å²) in [6, 6.07) is 20.1. The lowest BCUT2D eigenvalue weighted by Gasteiger charge is -2.08. The summed E-state index contributed by atoms with van der Waals surface area (Å²) in [7, 11) is -3.84. The Labute approximate surface area is 166 Å². The summed E-state index contributed by atoms with van der Waals surface area (Å²) in [5.41, 5.74) is 2.06. The largest absolute Gasteiger partial charge is 0.420 e. The zero-order chi connectivity index (χ0) is 19.7. The molecule has 0 bridgehead atoms. The fraction of sp³-hybridized carbons (Fsp3) is 0.0500. The van der Waals surface area contributed by atoms with Crippen LogP contribution in [0.2, 0.25) is 5.02 Å². The average Bonchev–Trinajstić information content (AvgIpc) is 2.99. The maximum atomic E-state index is 12.6. The maximum Gasteiger partial charge on any atom is 0.420 e. The van der Waals surface area contributed by atoms with Gasteiger partial charge in [0.25, 0.3) is 10.0 Å². The molecule has 0 radical (unpaired) electrons. The lowest BCUT2D eigenvalue weighted by molar-refractivity contribution is 0.517. The molecule has 6 nitrogen and oxygen atoms in total. The third-order valence-corrected chi connectivity index (χ3v) is 5.86. The molecular formula is C20H15ClN2O4S. The van der Waals surface area contributed by atoms with E-state index in [1.165, 1.54) is 16.7 Å². The number of oxazole rings is 1. The SMILES string of the molecule is O=c1oc2cc(S(=O)(=O)Nc3ccc(Cl)cc3)ccc2n1Cc1ccccc1. The molecule has 28 heavy (non-hydrogen) atoms. The molecule has 0 unspecified atom stereocenters. The normalized spacial score (nSPS) is 11.6. The molecule has 0 spiro atoms. The van der Waals surface area contributed by atoms with Crippen molar-refractivity contribution in [3.63, 3.8) is 0 Å². The highest BCUT2D eigenvalue weighted by Crippen LogP contribution is 2.22. The first-order valence-electron chi connectivity index (χ1n) is 8.38. The summed E-state index contributed by atoms with van der Waals surface area (Å²) < 4.78 is 34.5. The number of aromatic nitrogens is 1. The molecular weight excluding hydrogens is 400 g/mol. The number of sulfonamides is 1. The van der Waals surface area contributed by atoms with Gasteiger partial charge in [0.05, 0.1) is 17.0 Å². The number of anilines is 1. The molecule has 0 atom stereocenters. The lowest BCUT2D eigenvalue weighted by atomic mass is 10.2. The van der Waals surface area contributed by atoms with Crippen molar-refractivity contribution in [2.45, 2.75) is 11.4 Å². The van der Waals surface area contributed by atoms with Crippen LogP contribution in [-0.2, 0) is 16.6 Å². The van der Waals surface area contributed by atoms with Crippen molar-refractivity contribution in [1.82, 2.24) is 4.57 Å². The van der Waals surface area contributed by atoms with Crippen LogP contribution in [0.15, 0.2) is 86.9 Å². The number of nitrogens with zero attached hydrogens (tertiary/aromatic N) is 1. The Morgan fingerprint density at radius 3 is 2.39 bits per heavy atom. The summed E-state index contributed by atoms with van der Waals surface area (Å²) in [5.74, 6) is -0.543. The van der Waals surface area contributed by atoms with Crippen molar-refractivity contribution < 1.29 is 12.8 Å². The van der Waals surface area contributed by atoms with Crippen LogP contribution in [0, 0.1) is 0 Å². The molecule has 0 saturated carbocycles. The van der Waals surface area contributed by atoms with Gasteiger partial charge in [0.15, 0.2) is 5.58 Å². The van der Waals surface area contributed by atoms with Gasteiger partial charge in [-0.2, -0.15) is 0 Å². The van der Waals surface area contributed by atoms with Gasteiger partial charge in [-0.3, -0.25) is 9.29 Å². The summed E-state index contributed by atoms with van der Waals surface area (Å²) in [4.78, 5) is 12.2. The van der Waals surface area contributed by atoms with E-state index >= 15 is 0 Å². The first kappa shape index (κ1) is 18.3. The fourth-order valence-corrected chi connectivity index (χ4v) is 4.06. The first-order valence-corrected chi connectivity index (χ1v) is 10.2. The van der Waals surface area contributed by atoms with Gasteiger partial charge in [-0.15, -0.1) is 0 Å². The molecule has 3 aromatic carbocycles. The second-order valence-electron chi connectivity index (χ2n) is 6.18. The van der Waals surface area contributed by atoms with Crippen LogP contribution in [0.1, 0.15) is 5.56 Å². The Balaban J connectivity index is 1.68. The molecule has 142 valence electrons. The summed E-state index contributed by atoms with van der Waals surface area (Å²) in [5, 5.41) is 0.505. The summed E-state index contributed by atoms with van der Waals surface area (Å²) >= 11 is 5.82. The Hall–Kier alpha value is -3.03. The summed E-state index contributed by atoms with van der Waals surface area (Å²) in [6.45, 7) is 0.335. The van der Waals surface area contributed by atoms with E-state index in [4.69, 9.17) is 16.0 Å². The van der Waals surface area contributed by atoms with E-state index in [2.05, 4.69) is 4.72 Å². The fourth-order valence-electron chi connectivity index (χ4n) is 2.86. The Morgan fingerprint density at radius 2 is 1.68 bits per heavy atom. The Morgan fingerprint density at radius 1 is 0.964 bits per heavy atom. The minimum absolute atomic E-state index is 0.00411. The highest BCUT2D eigenvalue weighted by atomic mass is 35.5. The zero-order valence-electron chi connectivity index (χ0n) is 14.5.